The minimum absolute atomic E-state index is 0.553. The largest absolute Gasteiger partial charge is 0.348 e. The molecular weight excluding hydrogens is 272 g/mol. The summed E-state index contributed by atoms with van der Waals surface area (Å²) in [5.74, 6) is 2.30. The number of hydrogen-bond acceptors (Lipinski definition) is 3. The number of hydrogen-bond donors (Lipinski definition) is 2. The van der Waals surface area contributed by atoms with Crippen molar-refractivity contribution in [1.82, 2.24) is 20.2 Å². The van der Waals surface area contributed by atoms with Crippen LogP contribution >= 0.6 is 0 Å². The van der Waals surface area contributed by atoms with Gasteiger partial charge in [-0.1, -0.05) is 44.2 Å². The van der Waals surface area contributed by atoms with Gasteiger partial charge in [0.15, 0.2) is 0 Å². The number of imidazole rings is 1. The van der Waals surface area contributed by atoms with Gasteiger partial charge in [0.05, 0.1) is 6.54 Å². The Morgan fingerprint density at radius 2 is 1.91 bits per heavy atom. The van der Waals surface area contributed by atoms with Crippen LogP contribution in [0.2, 0.25) is 0 Å². The van der Waals surface area contributed by atoms with Crippen molar-refractivity contribution in [2.75, 3.05) is 13.1 Å². The van der Waals surface area contributed by atoms with Crippen LogP contribution in [0.1, 0.15) is 25.2 Å². The van der Waals surface area contributed by atoms with Crippen LogP contribution in [0.4, 0.5) is 0 Å². The third-order valence-electron chi connectivity index (χ3n) is 4.63. The molecule has 118 valence electrons. The zero-order valence-electron chi connectivity index (χ0n) is 13.5. The van der Waals surface area contributed by atoms with E-state index < -0.39 is 0 Å². The Kier molecular flexibility index (Phi) is 4.90. The molecule has 0 aliphatic carbocycles. The first-order valence-corrected chi connectivity index (χ1v) is 8.20. The molecule has 22 heavy (non-hydrogen) atoms. The highest BCUT2D eigenvalue weighted by Gasteiger charge is 2.31. The van der Waals surface area contributed by atoms with Gasteiger partial charge in [-0.15, -0.1) is 0 Å². The first-order valence-electron chi connectivity index (χ1n) is 8.20. The highest BCUT2D eigenvalue weighted by Crippen LogP contribution is 2.23. The first-order chi connectivity index (χ1) is 10.7. The molecule has 0 spiro atoms. The summed E-state index contributed by atoms with van der Waals surface area (Å²) in [7, 11) is 0. The van der Waals surface area contributed by atoms with E-state index in [1.807, 2.05) is 12.4 Å². The van der Waals surface area contributed by atoms with Gasteiger partial charge >= 0.3 is 0 Å². The van der Waals surface area contributed by atoms with Crippen molar-refractivity contribution in [2.24, 2.45) is 11.8 Å². The Morgan fingerprint density at radius 1 is 1.18 bits per heavy atom. The summed E-state index contributed by atoms with van der Waals surface area (Å²) in [5, 5.41) is 3.69. The van der Waals surface area contributed by atoms with Crippen LogP contribution in [0.5, 0.6) is 0 Å². The first kappa shape index (κ1) is 15.3. The van der Waals surface area contributed by atoms with Gasteiger partial charge in [0.1, 0.15) is 5.82 Å². The molecule has 3 rings (SSSR count). The lowest BCUT2D eigenvalue weighted by Gasteiger charge is -2.42. The van der Waals surface area contributed by atoms with Crippen molar-refractivity contribution in [3.63, 3.8) is 0 Å². The predicted octanol–water partition coefficient (Wildman–Crippen LogP) is 2.66. The van der Waals surface area contributed by atoms with Gasteiger partial charge < -0.3 is 10.3 Å². The van der Waals surface area contributed by atoms with E-state index in [9.17, 15) is 0 Å². The van der Waals surface area contributed by atoms with Gasteiger partial charge in [-0.2, -0.15) is 0 Å². The summed E-state index contributed by atoms with van der Waals surface area (Å²) < 4.78 is 0. The lowest BCUT2D eigenvalue weighted by atomic mass is 9.85. The number of nitrogens with zero attached hydrogens (tertiary/aromatic N) is 2. The van der Waals surface area contributed by atoms with E-state index in [0.717, 1.165) is 32.0 Å². The monoisotopic (exact) mass is 298 g/mol. The number of aromatic nitrogens is 2. The van der Waals surface area contributed by atoms with Gasteiger partial charge in [0, 0.05) is 38.1 Å². The van der Waals surface area contributed by atoms with Crippen LogP contribution < -0.4 is 5.32 Å². The summed E-state index contributed by atoms with van der Waals surface area (Å²) in [6.45, 7) is 8.89. The minimum Gasteiger partial charge on any atom is -0.348 e. The summed E-state index contributed by atoms with van der Waals surface area (Å²) in [6, 6.07) is 11.3. The quantitative estimate of drug-likeness (QED) is 0.892. The summed E-state index contributed by atoms with van der Waals surface area (Å²) in [5.41, 5.74) is 1.41. The number of piperidine rings is 1. The third-order valence-corrected chi connectivity index (χ3v) is 4.63. The minimum atomic E-state index is 0.553. The molecule has 1 aromatic carbocycles. The number of rotatable bonds is 5. The number of benzene rings is 1. The van der Waals surface area contributed by atoms with E-state index >= 15 is 0 Å². The molecule has 2 aromatic rings. The van der Waals surface area contributed by atoms with E-state index in [1.54, 1.807) is 0 Å². The van der Waals surface area contributed by atoms with E-state index in [1.165, 1.54) is 5.56 Å². The van der Waals surface area contributed by atoms with Crippen LogP contribution in [0.15, 0.2) is 42.7 Å². The van der Waals surface area contributed by atoms with Crippen LogP contribution in [-0.2, 0) is 13.1 Å². The van der Waals surface area contributed by atoms with Crippen molar-refractivity contribution < 1.29 is 0 Å². The Bertz CT molecular complexity index is 540. The van der Waals surface area contributed by atoms with Crippen LogP contribution in [0, 0.1) is 11.8 Å². The zero-order valence-corrected chi connectivity index (χ0v) is 13.5. The van der Waals surface area contributed by atoms with E-state index in [4.69, 9.17) is 0 Å². The fourth-order valence-corrected chi connectivity index (χ4v) is 3.66. The topological polar surface area (TPSA) is 44.0 Å². The van der Waals surface area contributed by atoms with E-state index in [2.05, 4.69) is 64.4 Å². The molecule has 1 aliphatic rings. The molecular formula is C18H26N4. The fourth-order valence-electron chi connectivity index (χ4n) is 3.66. The molecule has 0 saturated carbocycles. The molecule has 0 radical (unpaired) electrons. The molecule has 2 heterocycles. The molecule has 1 fully saturated rings. The Hall–Kier alpha value is -1.65. The fraction of sp³-hybridized carbons (Fsp3) is 0.500. The molecule has 2 N–H and O–H groups in total. The number of nitrogens with one attached hydrogen (secondary N) is 2. The van der Waals surface area contributed by atoms with Crippen LogP contribution in [-0.4, -0.2) is 34.0 Å². The predicted molar refractivity (Wildman–Crippen MR) is 89.3 cm³/mol. The van der Waals surface area contributed by atoms with E-state index in [0.29, 0.717) is 17.9 Å². The second-order valence-corrected chi connectivity index (χ2v) is 6.58. The standard InChI is InChI=1S/C18H26N4/c1-14-11-22(13-16-6-4-3-5-7-16)12-15(2)18(14)21-10-17-19-8-9-20-17/h3-9,14-15,18,21H,10-13H2,1-2H3,(H,19,20)/t14-,15+,18?. The van der Waals surface area contributed by atoms with Gasteiger partial charge in [-0.25, -0.2) is 4.98 Å². The number of likely N-dealkylation sites (tertiary alicyclic amines) is 1. The third kappa shape index (κ3) is 3.76. The zero-order chi connectivity index (χ0) is 15.4. The summed E-state index contributed by atoms with van der Waals surface area (Å²) in [4.78, 5) is 10.0. The molecule has 1 aromatic heterocycles. The maximum Gasteiger partial charge on any atom is 0.120 e. The highest BCUT2D eigenvalue weighted by molar-refractivity contribution is 5.14. The summed E-state index contributed by atoms with van der Waals surface area (Å²) in [6.07, 6.45) is 3.69. The van der Waals surface area contributed by atoms with Gasteiger partial charge in [0.25, 0.3) is 0 Å². The molecule has 1 aliphatic heterocycles. The van der Waals surface area contributed by atoms with Crippen LogP contribution in [0.25, 0.3) is 0 Å². The molecule has 3 atom stereocenters. The number of H-pyrrole nitrogens is 1. The van der Waals surface area contributed by atoms with Crippen molar-refractivity contribution in [2.45, 2.75) is 33.0 Å². The normalized spacial score (nSPS) is 26.2. The maximum absolute atomic E-state index is 4.29. The summed E-state index contributed by atoms with van der Waals surface area (Å²) >= 11 is 0. The van der Waals surface area contributed by atoms with Crippen LogP contribution in [0.3, 0.4) is 0 Å². The van der Waals surface area contributed by atoms with Crippen molar-refractivity contribution in [3.8, 4) is 0 Å². The van der Waals surface area contributed by atoms with Gasteiger partial charge in [-0.3, -0.25) is 4.90 Å². The Balaban J connectivity index is 1.54. The Labute approximate surface area is 133 Å². The van der Waals surface area contributed by atoms with Gasteiger partial charge in [-0.05, 0) is 17.4 Å². The van der Waals surface area contributed by atoms with Crippen molar-refractivity contribution in [3.05, 3.63) is 54.1 Å². The lowest BCUT2D eigenvalue weighted by Crippen LogP contribution is -2.53. The molecule has 4 heteroatoms. The molecule has 0 amide bonds. The molecule has 0 bridgehead atoms. The van der Waals surface area contributed by atoms with Crippen molar-refractivity contribution >= 4 is 0 Å². The molecule has 4 nitrogen and oxygen atoms in total. The smallest absolute Gasteiger partial charge is 0.120 e. The van der Waals surface area contributed by atoms with Crippen molar-refractivity contribution in [1.29, 1.82) is 0 Å². The van der Waals surface area contributed by atoms with Gasteiger partial charge in [0.2, 0.25) is 0 Å². The maximum atomic E-state index is 4.29. The average Bonchev–Trinajstić information content (AvgIpc) is 3.01. The molecule has 1 unspecified atom stereocenters. The SMILES string of the molecule is C[C@@H]1CN(Cc2ccccc2)C[C@H](C)C1NCc1ncc[nH]1. The second-order valence-electron chi connectivity index (χ2n) is 6.58. The molecule has 1 saturated heterocycles. The lowest BCUT2D eigenvalue weighted by molar-refractivity contribution is 0.0936. The second kappa shape index (κ2) is 7.07. The number of aromatic amines is 1. The highest BCUT2D eigenvalue weighted by atomic mass is 15.2. The average molecular weight is 298 g/mol. The van der Waals surface area contributed by atoms with E-state index in [-0.39, 0.29) is 0 Å². The Morgan fingerprint density at radius 3 is 2.55 bits per heavy atom.